The van der Waals surface area contributed by atoms with Gasteiger partial charge in [-0.3, -0.25) is 0 Å². The predicted molar refractivity (Wildman–Crippen MR) is 139 cm³/mol. The van der Waals surface area contributed by atoms with Crippen molar-refractivity contribution in [2.24, 2.45) is 16.7 Å². The molecule has 0 radical (unpaired) electrons. The number of carbonyl (C=O) groups is 1. The zero-order chi connectivity index (χ0) is 24.0. The standard InChI is InChI=1S/C22H30B4ClN3O3/c1-18(2,3)33-16(31)12-4-5-13(28-15(12)27)30-11-6-14(29-30)32-22(25,26)21(23,24)17-19(7-8-19)20(17)9-10-20/h4-6,11,17H,7-10,23-26H2,1-3H3. The molecule has 2 aromatic heterocycles. The van der Waals surface area contributed by atoms with Crippen molar-refractivity contribution in [3.8, 4) is 11.7 Å². The van der Waals surface area contributed by atoms with Crippen LogP contribution in [0.4, 0.5) is 0 Å². The predicted octanol–water partition coefficient (Wildman–Crippen LogP) is 0.747. The summed E-state index contributed by atoms with van der Waals surface area (Å²) in [5.41, 5.74) is 0.835. The number of carbonyl (C=O) groups excluding carboxylic acids is 1. The highest BCUT2D eigenvalue weighted by molar-refractivity contribution is 6.54. The van der Waals surface area contributed by atoms with Crippen LogP contribution in [0.5, 0.6) is 5.88 Å². The van der Waals surface area contributed by atoms with Gasteiger partial charge in [0, 0.05) is 17.7 Å². The fourth-order valence-corrected chi connectivity index (χ4v) is 6.46. The van der Waals surface area contributed by atoms with Gasteiger partial charge in [-0.05, 0) is 75.3 Å². The minimum Gasteiger partial charge on any atom is -0.490 e. The number of hydrogen-bond donors (Lipinski definition) is 0. The maximum atomic E-state index is 12.4. The van der Waals surface area contributed by atoms with Gasteiger partial charge < -0.3 is 9.47 Å². The Morgan fingerprint density at radius 3 is 2.21 bits per heavy atom. The topological polar surface area (TPSA) is 66.2 Å². The van der Waals surface area contributed by atoms with E-state index in [1.54, 1.807) is 23.0 Å². The van der Waals surface area contributed by atoms with E-state index in [4.69, 9.17) is 21.1 Å². The Hall–Kier alpha value is -1.82. The molecule has 2 spiro atoms. The van der Waals surface area contributed by atoms with E-state index in [2.05, 4.69) is 41.5 Å². The molecule has 0 atom stereocenters. The molecule has 2 aromatic rings. The maximum Gasteiger partial charge on any atom is 0.341 e. The van der Waals surface area contributed by atoms with Crippen molar-refractivity contribution in [1.29, 1.82) is 0 Å². The smallest absolute Gasteiger partial charge is 0.341 e. The van der Waals surface area contributed by atoms with Crippen molar-refractivity contribution >= 4 is 49.0 Å². The molecule has 6 nitrogen and oxygen atoms in total. The van der Waals surface area contributed by atoms with Crippen LogP contribution in [0.1, 0.15) is 56.8 Å². The molecule has 0 bridgehead atoms. The SMILES string of the molecule is BC(B)(Oc1ccn(-c2ccc(C(=O)OC(C)(C)C)c(Cl)n2)n1)C(B)(B)C1C2(CC2)C12CC2. The van der Waals surface area contributed by atoms with Gasteiger partial charge in [0.25, 0.3) is 0 Å². The van der Waals surface area contributed by atoms with Gasteiger partial charge in [0.05, 0.1) is 5.56 Å². The van der Waals surface area contributed by atoms with Gasteiger partial charge in [0.15, 0.2) is 5.82 Å². The number of fused-ring (bicyclic) bond motifs is 1. The van der Waals surface area contributed by atoms with E-state index in [1.807, 2.05) is 26.8 Å². The van der Waals surface area contributed by atoms with Gasteiger partial charge in [-0.15, -0.1) is 5.10 Å². The van der Waals surface area contributed by atoms with Crippen LogP contribution >= 0.6 is 11.6 Å². The van der Waals surface area contributed by atoms with Crippen molar-refractivity contribution < 1.29 is 14.3 Å². The highest BCUT2D eigenvalue weighted by atomic mass is 35.5. The molecule has 0 aromatic carbocycles. The molecule has 5 rings (SSSR count). The Morgan fingerprint density at radius 2 is 1.70 bits per heavy atom. The van der Waals surface area contributed by atoms with Crippen LogP contribution in [0.25, 0.3) is 5.82 Å². The Bertz CT molecular complexity index is 1120. The van der Waals surface area contributed by atoms with Crippen molar-refractivity contribution in [3.05, 3.63) is 35.1 Å². The van der Waals surface area contributed by atoms with Crippen molar-refractivity contribution in [2.45, 2.75) is 62.7 Å². The lowest BCUT2D eigenvalue weighted by molar-refractivity contribution is 0.00693. The number of rotatable bonds is 6. The van der Waals surface area contributed by atoms with Gasteiger partial charge in [0.1, 0.15) is 42.1 Å². The average Bonchev–Trinajstić information content (AvgIpc) is 3.63. The second-order valence-electron chi connectivity index (χ2n) is 12.2. The monoisotopic (exact) mass is 463 g/mol. The molecule has 0 aliphatic heterocycles. The Labute approximate surface area is 204 Å². The molecule has 0 unspecified atom stereocenters. The molecule has 0 N–H and O–H groups in total. The average molecular weight is 463 g/mol. The van der Waals surface area contributed by atoms with Crippen molar-refractivity contribution in [2.75, 3.05) is 0 Å². The first-order valence-electron chi connectivity index (χ1n) is 11.9. The summed E-state index contributed by atoms with van der Waals surface area (Å²) in [5, 5.41) is 4.35. The van der Waals surface area contributed by atoms with Crippen LogP contribution in [0.15, 0.2) is 24.4 Å². The molecule has 0 saturated heterocycles. The van der Waals surface area contributed by atoms with Crippen LogP contribution in [0.2, 0.25) is 10.4 Å². The first-order chi connectivity index (χ1) is 15.2. The number of esters is 1. The second-order valence-corrected chi connectivity index (χ2v) is 12.5. The summed E-state index contributed by atoms with van der Waals surface area (Å²) < 4.78 is 13.5. The lowest BCUT2D eigenvalue weighted by Gasteiger charge is -2.43. The lowest BCUT2D eigenvalue weighted by atomic mass is 9.33. The largest absolute Gasteiger partial charge is 0.490 e. The number of halogens is 1. The maximum absolute atomic E-state index is 12.4. The van der Waals surface area contributed by atoms with E-state index < -0.39 is 11.6 Å². The molecule has 3 aliphatic carbocycles. The van der Waals surface area contributed by atoms with Crippen molar-refractivity contribution in [3.63, 3.8) is 0 Å². The Kier molecular flexibility index (Phi) is 4.77. The molecule has 0 amide bonds. The first kappa shape index (κ1) is 22.9. The second kappa shape index (κ2) is 6.87. The minimum absolute atomic E-state index is 0.0421. The molecule has 3 fully saturated rings. The van der Waals surface area contributed by atoms with Gasteiger partial charge in [-0.25, -0.2) is 14.5 Å². The number of ether oxygens (including phenoxy) is 2. The molecule has 3 aliphatic rings. The van der Waals surface area contributed by atoms with Gasteiger partial charge in [0.2, 0.25) is 5.88 Å². The number of pyridine rings is 1. The number of nitrogens with zero attached hydrogens (tertiary/aromatic N) is 3. The quantitative estimate of drug-likeness (QED) is 0.360. The summed E-state index contributed by atoms with van der Waals surface area (Å²) in [4.78, 5) is 16.7. The number of aromatic nitrogens is 3. The molecule has 3 saturated carbocycles. The van der Waals surface area contributed by atoms with Crippen LogP contribution in [0.3, 0.4) is 0 Å². The van der Waals surface area contributed by atoms with E-state index in [1.165, 1.54) is 25.7 Å². The van der Waals surface area contributed by atoms with Gasteiger partial charge in [-0.1, -0.05) is 16.8 Å². The van der Waals surface area contributed by atoms with E-state index >= 15 is 0 Å². The van der Waals surface area contributed by atoms with Crippen molar-refractivity contribution in [1.82, 2.24) is 14.8 Å². The van der Waals surface area contributed by atoms with Crippen LogP contribution in [0, 0.1) is 16.7 Å². The fraction of sp³-hybridized carbons (Fsp3) is 0.591. The highest BCUT2D eigenvalue weighted by Gasteiger charge is 2.89. The zero-order valence-corrected chi connectivity index (χ0v) is 21.4. The fourth-order valence-electron chi connectivity index (χ4n) is 6.23. The summed E-state index contributed by atoms with van der Waals surface area (Å²) in [6, 6.07) is 5.17. The summed E-state index contributed by atoms with van der Waals surface area (Å²) in [5.74, 6) is 1.30. The summed E-state index contributed by atoms with van der Waals surface area (Å²) >= 11 is 6.30. The third-order valence-corrected chi connectivity index (χ3v) is 8.76. The molecule has 170 valence electrons. The Morgan fingerprint density at radius 1 is 1.09 bits per heavy atom. The Balaban J connectivity index is 1.31. The number of hydrogen-bond acceptors (Lipinski definition) is 5. The summed E-state index contributed by atoms with van der Waals surface area (Å²) in [6.45, 7) is 5.44. The highest BCUT2D eigenvalue weighted by Crippen LogP contribution is 2.96. The zero-order valence-electron chi connectivity index (χ0n) is 20.7. The van der Waals surface area contributed by atoms with E-state index in [-0.39, 0.29) is 21.3 Å². The summed E-state index contributed by atoms with van der Waals surface area (Å²) in [7, 11) is 9.08. The van der Waals surface area contributed by atoms with Gasteiger partial charge >= 0.3 is 5.97 Å². The molecule has 33 heavy (non-hydrogen) atoms. The van der Waals surface area contributed by atoms with E-state index in [0.717, 1.165) is 5.92 Å². The van der Waals surface area contributed by atoms with E-state index in [9.17, 15) is 4.79 Å². The van der Waals surface area contributed by atoms with Gasteiger partial charge in [-0.2, -0.15) is 0 Å². The van der Waals surface area contributed by atoms with Crippen LogP contribution in [-0.2, 0) is 4.74 Å². The molecular formula is C22H30B4ClN3O3. The minimum atomic E-state index is -0.605. The van der Waals surface area contributed by atoms with Crippen LogP contribution < -0.4 is 4.74 Å². The third kappa shape index (κ3) is 3.55. The lowest BCUT2D eigenvalue weighted by Crippen LogP contribution is -2.52. The molecule has 2 heterocycles. The normalized spacial score (nSPS) is 20.6. The summed E-state index contributed by atoms with van der Waals surface area (Å²) in [6.07, 6.45) is 7.34. The van der Waals surface area contributed by atoms with E-state index in [0.29, 0.717) is 22.5 Å². The third-order valence-electron chi connectivity index (χ3n) is 8.48. The van der Waals surface area contributed by atoms with Crippen LogP contribution in [-0.4, -0.2) is 63.1 Å². The molecule has 11 heteroatoms. The molecular weight excluding hydrogens is 433 g/mol. The first-order valence-corrected chi connectivity index (χ1v) is 12.3.